The van der Waals surface area contributed by atoms with Gasteiger partial charge >= 0.3 is 0 Å². The number of carbonyl (C=O) groups is 1. The molecule has 1 heterocycles. The first-order chi connectivity index (χ1) is 5.77. The number of aryl methyl sites for hydroxylation is 1. The number of carbonyl (C=O) groups excluding carboxylic acids is 1. The lowest BCUT2D eigenvalue weighted by Gasteiger charge is -1.95. The van der Waals surface area contributed by atoms with Gasteiger partial charge in [-0.2, -0.15) is 0 Å². The molecule has 0 radical (unpaired) electrons. The second-order valence-corrected chi connectivity index (χ2v) is 2.33. The first-order valence-corrected chi connectivity index (χ1v) is 4.00. The molecule has 4 nitrogen and oxygen atoms in total. The van der Waals surface area contributed by atoms with E-state index in [9.17, 15) is 4.79 Å². The molecule has 1 aromatic rings. The van der Waals surface area contributed by atoms with E-state index in [0.717, 1.165) is 0 Å². The summed E-state index contributed by atoms with van der Waals surface area (Å²) >= 11 is 0. The molecule has 0 saturated carbocycles. The Labute approximate surface area is 71.0 Å². The Bertz CT molecular complexity index is 268. The Morgan fingerprint density at radius 1 is 1.67 bits per heavy atom. The van der Waals surface area contributed by atoms with Gasteiger partial charge in [0.2, 0.25) is 5.76 Å². The highest BCUT2D eigenvalue weighted by Crippen LogP contribution is 2.03. The quantitative estimate of drug-likeness (QED) is 0.732. The van der Waals surface area contributed by atoms with Crippen LogP contribution >= 0.6 is 0 Å². The number of rotatable bonds is 3. The third-order valence-corrected chi connectivity index (χ3v) is 1.42. The van der Waals surface area contributed by atoms with Gasteiger partial charge < -0.3 is 9.73 Å². The maximum absolute atomic E-state index is 11.1. The number of nitrogens with one attached hydrogen (secondary N) is 1. The molecular formula is C8H12N2O2. The first-order valence-electron chi connectivity index (χ1n) is 4.00. The molecule has 0 unspecified atom stereocenters. The Morgan fingerprint density at radius 3 is 2.92 bits per heavy atom. The van der Waals surface area contributed by atoms with Crippen molar-refractivity contribution in [3.63, 3.8) is 0 Å². The van der Waals surface area contributed by atoms with Crippen LogP contribution in [0.15, 0.2) is 10.6 Å². The zero-order chi connectivity index (χ0) is 8.97. The fourth-order valence-corrected chi connectivity index (χ4v) is 0.826. The van der Waals surface area contributed by atoms with Crippen molar-refractivity contribution in [2.75, 3.05) is 6.54 Å². The fraction of sp³-hybridized carbons (Fsp3) is 0.500. The van der Waals surface area contributed by atoms with Crippen molar-refractivity contribution in [1.82, 2.24) is 10.3 Å². The maximum atomic E-state index is 11.1. The molecular weight excluding hydrogens is 156 g/mol. The van der Waals surface area contributed by atoms with E-state index >= 15 is 0 Å². The molecule has 0 spiro atoms. The second-order valence-electron chi connectivity index (χ2n) is 2.33. The van der Waals surface area contributed by atoms with Gasteiger partial charge in [0.05, 0.1) is 6.20 Å². The summed E-state index contributed by atoms with van der Waals surface area (Å²) in [5.74, 6) is 0.676. The van der Waals surface area contributed by atoms with Gasteiger partial charge in [0.15, 0.2) is 5.89 Å². The number of hydrogen-bond acceptors (Lipinski definition) is 3. The molecule has 0 fully saturated rings. The second kappa shape index (κ2) is 3.90. The third-order valence-electron chi connectivity index (χ3n) is 1.42. The topological polar surface area (TPSA) is 55.1 Å². The maximum Gasteiger partial charge on any atom is 0.288 e. The Balaban J connectivity index is 2.68. The molecule has 0 aromatic carbocycles. The van der Waals surface area contributed by atoms with Crippen LogP contribution in [0.2, 0.25) is 0 Å². The third kappa shape index (κ3) is 1.84. The number of aromatic nitrogens is 1. The van der Waals surface area contributed by atoms with E-state index in [-0.39, 0.29) is 11.7 Å². The van der Waals surface area contributed by atoms with Crippen LogP contribution in [0.1, 0.15) is 30.3 Å². The largest absolute Gasteiger partial charge is 0.436 e. The fourth-order valence-electron chi connectivity index (χ4n) is 0.826. The predicted octanol–water partition coefficient (Wildman–Crippen LogP) is 0.987. The molecule has 0 aliphatic carbocycles. The summed E-state index contributed by atoms with van der Waals surface area (Å²) in [6, 6.07) is 0. The first kappa shape index (κ1) is 8.77. The minimum absolute atomic E-state index is 0.204. The van der Waals surface area contributed by atoms with E-state index in [4.69, 9.17) is 4.42 Å². The minimum Gasteiger partial charge on any atom is -0.436 e. The van der Waals surface area contributed by atoms with Gasteiger partial charge in [-0.3, -0.25) is 4.79 Å². The van der Waals surface area contributed by atoms with Crippen LogP contribution in [0, 0.1) is 0 Å². The smallest absolute Gasteiger partial charge is 0.288 e. The number of oxazole rings is 1. The highest BCUT2D eigenvalue weighted by atomic mass is 16.4. The monoisotopic (exact) mass is 168 g/mol. The van der Waals surface area contributed by atoms with Crippen molar-refractivity contribution in [3.05, 3.63) is 17.8 Å². The molecule has 1 amide bonds. The highest BCUT2D eigenvalue weighted by molar-refractivity contribution is 5.90. The van der Waals surface area contributed by atoms with Crippen LogP contribution < -0.4 is 5.32 Å². The molecule has 1 aromatic heterocycles. The van der Waals surface area contributed by atoms with Gasteiger partial charge in [-0.25, -0.2) is 4.98 Å². The van der Waals surface area contributed by atoms with Crippen LogP contribution in [0.3, 0.4) is 0 Å². The molecule has 0 bridgehead atoms. The van der Waals surface area contributed by atoms with Gasteiger partial charge in [0.1, 0.15) is 0 Å². The Kier molecular flexibility index (Phi) is 2.85. The van der Waals surface area contributed by atoms with Gasteiger partial charge in [0, 0.05) is 13.0 Å². The summed E-state index contributed by atoms with van der Waals surface area (Å²) in [5, 5.41) is 2.63. The minimum atomic E-state index is -0.204. The highest BCUT2D eigenvalue weighted by Gasteiger charge is 2.09. The summed E-state index contributed by atoms with van der Waals surface area (Å²) in [6.45, 7) is 4.38. The van der Waals surface area contributed by atoms with Crippen molar-refractivity contribution in [1.29, 1.82) is 0 Å². The van der Waals surface area contributed by atoms with Crippen molar-refractivity contribution >= 4 is 5.91 Å². The van der Waals surface area contributed by atoms with E-state index in [2.05, 4.69) is 10.3 Å². The lowest BCUT2D eigenvalue weighted by Crippen LogP contribution is -2.21. The van der Waals surface area contributed by atoms with E-state index in [1.54, 1.807) is 0 Å². The van der Waals surface area contributed by atoms with Gasteiger partial charge in [-0.05, 0) is 6.92 Å². The zero-order valence-electron chi connectivity index (χ0n) is 7.26. The number of nitrogens with zero attached hydrogens (tertiary/aromatic N) is 1. The zero-order valence-corrected chi connectivity index (χ0v) is 7.26. The van der Waals surface area contributed by atoms with Crippen LogP contribution in [0.5, 0.6) is 0 Å². The molecule has 4 heteroatoms. The van der Waals surface area contributed by atoms with Crippen molar-refractivity contribution < 1.29 is 9.21 Å². The predicted molar refractivity (Wildman–Crippen MR) is 43.9 cm³/mol. The van der Waals surface area contributed by atoms with Crippen LogP contribution in [0.4, 0.5) is 0 Å². The molecule has 0 saturated heterocycles. The molecule has 0 aliphatic heterocycles. The Hall–Kier alpha value is -1.32. The number of amides is 1. The van der Waals surface area contributed by atoms with Crippen molar-refractivity contribution in [2.45, 2.75) is 20.3 Å². The lowest BCUT2D eigenvalue weighted by molar-refractivity contribution is 0.0926. The molecule has 66 valence electrons. The molecule has 12 heavy (non-hydrogen) atoms. The molecule has 1 N–H and O–H groups in total. The van der Waals surface area contributed by atoms with Gasteiger partial charge in [-0.15, -0.1) is 0 Å². The summed E-state index contributed by atoms with van der Waals surface area (Å²) in [7, 11) is 0. The van der Waals surface area contributed by atoms with Crippen LogP contribution in [0.25, 0.3) is 0 Å². The van der Waals surface area contributed by atoms with Gasteiger partial charge in [-0.1, -0.05) is 6.92 Å². The van der Waals surface area contributed by atoms with E-state index in [1.165, 1.54) is 6.20 Å². The SMILES string of the molecule is CCNC(=O)c1cnc(CC)o1. The average molecular weight is 168 g/mol. The van der Waals surface area contributed by atoms with E-state index in [0.29, 0.717) is 18.9 Å². The van der Waals surface area contributed by atoms with Crippen LogP contribution in [-0.2, 0) is 6.42 Å². The van der Waals surface area contributed by atoms with Gasteiger partial charge in [0.25, 0.3) is 5.91 Å². The Morgan fingerprint density at radius 2 is 2.42 bits per heavy atom. The van der Waals surface area contributed by atoms with Crippen LogP contribution in [-0.4, -0.2) is 17.4 Å². The number of hydrogen-bond donors (Lipinski definition) is 1. The van der Waals surface area contributed by atoms with E-state index in [1.807, 2.05) is 13.8 Å². The standard InChI is InChI=1S/C8H12N2O2/c1-3-7-10-5-6(12-7)8(11)9-4-2/h5H,3-4H2,1-2H3,(H,9,11). The molecule has 1 rings (SSSR count). The average Bonchev–Trinajstić information content (AvgIpc) is 2.52. The van der Waals surface area contributed by atoms with E-state index < -0.39 is 0 Å². The normalized spacial score (nSPS) is 9.83. The van der Waals surface area contributed by atoms with Crippen molar-refractivity contribution in [2.24, 2.45) is 0 Å². The lowest BCUT2D eigenvalue weighted by atomic mass is 10.5. The molecule has 0 atom stereocenters. The summed E-state index contributed by atoms with van der Waals surface area (Å²) < 4.78 is 5.12. The molecule has 0 aliphatic rings. The summed E-state index contributed by atoms with van der Waals surface area (Å²) in [6.07, 6.45) is 2.16. The van der Waals surface area contributed by atoms with Crippen molar-refractivity contribution in [3.8, 4) is 0 Å². The summed E-state index contributed by atoms with van der Waals surface area (Å²) in [5.41, 5.74) is 0. The summed E-state index contributed by atoms with van der Waals surface area (Å²) in [4.78, 5) is 15.0.